The van der Waals surface area contributed by atoms with E-state index in [1.54, 1.807) is 0 Å². The topological polar surface area (TPSA) is 24.9 Å². The van der Waals surface area contributed by atoms with E-state index in [1.165, 1.54) is 18.4 Å². The number of nitrogens with one attached hydrogen (secondary N) is 1. The van der Waals surface area contributed by atoms with Gasteiger partial charge in [-0.25, -0.2) is 0 Å². The maximum Gasteiger partial charge on any atom is 0.0570 e. The number of aryl methyl sites for hydroxylation is 1. The van der Waals surface area contributed by atoms with E-state index in [0.29, 0.717) is 6.04 Å². The molecular formula is C12H20N2. The maximum atomic E-state index is 4.35. The second-order valence-corrected chi connectivity index (χ2v) is 3.84. The Morgan fingerprint density at radius 3 is 2.93 bits per heavy atom. The summed E-state index contributed by atoms with van der Waals surface area (Å²) in [5.41, 5.74) is 2.43. The Labute approximate surface area is 86.8 Å². The van der Waals surface area contributed by atoms with Crippen molar-refractivity contribution in [3.05, 3.63) is 29.6 Å². The fourth-order valence-electron chi connectivity index (χ4n) is 1.51. The standard InChI is InChI=1S/C12H20N2/c1-4-6-11(3)14-9-12-10(2)7-5-8-13-12/h5,7-8,11,14H,4,6,9H2,1-3H3. The Morgan fingerprint density at radius 2 is 2.29 bits per heavy atom. The first kappa shape index (κ1) is 11.2. The molecule has 1 heterocycles. The van der Waals surface area contributed by atoms with Crippen molar-refractivity contribution in [3.63, 3.8) is 0 Å². The van der Waals surface area contributed by atoms with Gasteiger partial charge in [-0.3, -0.25) is 4.98 Å². The third-order valence-corrected chi connectivity index (χ3v) is 2.46. The Hall–Kier alpha value is -0.890. The minimum Gasteiger partial charge on any atom is -0.309 e. The quantitative estimate of drug-likeness (QED) is 0.775. The summed E-state index contributed by atoms with van der Waals surface area (Å²) >= 11 is 0. The highest BCUT2D eigenvalue weighted by Crippen LogP contribution is 2.03. The van der Waals surface area contributed by atoms with Crippen LogP contribution in [0.15, 0.2) is 18.3 Å². The summed E-state index contributed by atoms with van der Waals surface area (Å²) in [5, 5.41) is 3.48. The van der Waals surface area contributed by atoms with Crippen molar-refractivity contribution >= 4 is 0 Å². The number of aromatic nitrogens is 1. The summed E-state index contributed by atoms with van der Waals surface area (Å²) in [4.78, 5) is 4.35. The Kier molecular flexibility index (Phi) is 4.60. The molecule has 1 aromatic rings. The molecule has 1 aromatic heterocycles. The average molecular weight is 192 g/mol. The molecule has 1 N–H and O–H groups in total. The lowest BCUT2D eigenvalue weighted by molar-refractivity contribution is 0.503. The van der Waals surface area contributed by atoms with E-state index in [2.05, 4.69) is 37.1 Å². The van der Waals surface area contributed by atoms with Crippen molar-refractivity contribution < 1.29 is 0 Å². The zero-order chi connectivity index (χ0) is 10.4. The van der Waals surface area contributed by atoms with Crippen molar-refractivity contribution in [2.24, 2.45) is 0 Å². The first-order valence-electron chi connectivity index (χ1n) is 5.38. The zero-order valence-electron chi connectivity index (χ0n) is 9.38. The number of hydrogen-bond acceptors (Lipinski definition) is 2. The maximum absolute atomic E-state index is 4.35. The monoisotopic (exact) mass is 192 g/mol. The number of nitrogens with zero attached hydrogens (tertiary/aromatic N) is 1. The van der Waals surface area contributed by atoms with Crippen LogP contribution >= 0.6 is 0 Å². The molecule has 0 aromatic carbocycles. The van der Waals surface area contributed by atoms with Gasteiger partial charge in [0.05, 0.1) is 5.69 Å². The molecule has 0 radical (unpaired) electrons. The molecule has 1 unspecified atom stereocenters. The molecule has 1 atom stereocenters. The third-order valence-electron chi connectivity index (χ3n) is 2.46. The molecule has 0 saturated heterocycles. The van der Waals surface area contributed by atoms with Crippen LogP contribution in [0.3, 0.4) is 0 Å². The highest BCUT2D eigenvalue weighted by atomic mass is 14.9. The van der Waals surface area contributed by atoms with Gasteiger partial charge in [0.15, 0.2) is 0 Å². The predicted octanol–water partition coefficient (Wildman–Crippen LogP) is 2.67. The summed E-state index contributed by atoms with van der Waals surface area (Å²) in [6, 6.07) is 4.67. The summed E-state index contributed by atoms with van der Waals surface area (Å²) < 4.78 is 0. The molecule has 0 aliphatic rings. The molecule has 0 aliphatic carbocycles. The van der Waals surface area contributed by atoms with Crippen LogP contribution in [0.2, 0.25) is 0 Å². The lowest BCUT2D eigenvalue weighted by Gasteiger charge is -2.12. The Morgan fingerprint density at radius 1 is 1.50 bits per heavy atom. The summed E-state index contributed by atoms with van der Waals surface area (Å²) in [5.74, 6) is 0. The van der Waals surface area contributed by atoms with Crippen LogP contribution < -0.4 is 5.32 Å². The minimum atomic E-state index is 0.585. The molecule has 2 nitrogen and oxygen atoms in total. The van der Waals surface area contributed by atoms with Crippen LogP contribution in [0.25, 0.3) is 0 Å². The van der Waals surface area contributed by atoms with E-state index >= 15 is 0 Å². The van der Waals surface area contributed by atoms with E-state index in [9.17, 15) is 0 Å². The average Bonchev–Trinajstić information content (AvgIpc) is 2.17. The molecule has 78 valence electrons. The lowest BCUT2D eigenvalue weighted by Crippen LogP contribution is -2.25. The van der Waals surface area contributed by atoms with E-state index < -0.39 is 0 Å². The van der Waals surface area contributed by atoms with Gasteiger partial charge in [0, 0.05) is 18.8 Å². The van der Waals surface area contributed by atoms with Gasteiger partial charge in [0.25, 0.3) is 0 Å². The van der Waals surface area contributed by atoms with Crippen molar-refractivity contribution in [2.75, 3.05) is 0 Å². The van der Waals surface area contributed by atoms with Crippen LogP contribution in [0.4, 0.5) is 0 Å². The molecule has 0 bridgehead atoms. The van der Waals surface area contributed by atoms with E-state index in [4.69, 9.17) is 0 Å². The minimum absolute atomic E-state index is 0.585. The Balaban J connectivity index is 2.41. The van der Waals surface area contributed by atoms with Gasteiger partial charge < -0.3 is 5.32 Å². The summed E-state index contributed by atoms with van der Waals surface area (Å²) in [7, 11) is 0. The summed E-state index contributed by atoms with van der Waals surface area (Å²) in [6.45, 7) is 7.42. The molecule has 0 aliphatic heterocycles. The molecule has 0 fully saturated rings. The van der Waals surface area contributed by atoms with E-state index in [0.717, 1.165) is 12.2 Å². The second-order valence-electron chi connectivity index (χ2n) is 3.84. The van der Waals surface area contributed by atoms with Crippen LogP contribution in [-0.4, -0.2) is 11.0 Å². The van der Waals surface area contributed by atoms with Crippen LogP contribution in [0, 0.1) is 6.92 Å². The fraction of sp³-hybridized carbons (Fsp3) is 0.583. The molecule has 0 saturated carbocycles. The van der Waals surface area contributed by atoms with E-state index in [-0.39, 0.29) is 0 Å². The molecule has 0 amide bonds. The van der Waals surface area contributed by atoms with Gasteiger partial charge in [-0.15, -0.1) is 0 Å². The van der Waals surface area contributed by atoms with Crippen LogP contribution in [0.1, 0.15) is 37.9 Å². The second kappa shape index (κ2) is 5.76. The summed E-state index contributed by atoms with van der Waals surface area (Å²) in [6.07, 6.45) is 4.32. The van der Waals surface area contributed by atoms with Crippen molar-refractivity contribution in [2.45, 2.75) is 46.2 Å². The van der Waals surface area contributed by atoms with Gasteiger partial charge in [0.2, 0.25) is 0 Å². The van der Waals surface area contributed by atoms with Gasteiger partial charge in [0.1, 0.15) is 0 Å². The third kappa shape index (κ3) is 3.46. The highest BCUT2D eigenvalue weighted by Gasteiger charge is 2.02. The smallest absolute Gasteiger partial charge is 0.0570 e. The van der Waals surface area contributed by atoms with Crippen LogP contribution in [-0.2, 0) is 6.54 Å². The highest BCUT2D eigenvalue weighted by molar-refractivity contribution is 5.17. The fourth-order valence-corrected chi connectivity index (χ4v) is 1.51. The van der Waals surface area contributed by atoms with Gasteiger partial charge in [-0.2, -0.15) is 0 Å². The zero-order valence-corrected chi connectivity index (χ0v) is 9.38. The number of pyridine rings is 1. The largest absolute Gasteiger partial charge is 0.309 e. The van der Waals surface area contributed by atoms with Crippen molar-refractivity contribution in [3.8, 4) is 0 Å². The first-order valence-corrected chi connectivity index (χ1v) is 5.38. The lowest BCUT2D eigenvalue weighted by atomic mass is 10.1. The normalized spacial score (nSPS) is 12.8. The van der Waals surface area contributed by atoms with Crippen molar-refractivity contribution in [1.29, 1.82) is 0 Å². The predicted molar refractivity (Wildman–Crippen MR) is 60.2 cm³/mol. The molecule has 2 heteroatoms. The Bertz CT molecular complexity index is 271. The first-order chi connectivity index (χ1) is 6.74. The molecule has 1 rings (SSSR count). The van der Waals surface area contributed by atoms with Crippen LogP contribution in [0.5, 0.6) is 0 Å². The van der Waals surface area contributed by atoms with E-state index in [1.807, 2.05) is 12.3 Å². The number of hydrogen-bond donors (Lipinski definition) is 1. The molecule has 0 spiro atoms. The SMILES string of the molecule is CCCC(C)NCc1ncccc1C. The van der Waals surface area contributed by atoms with Crippen molar-refractivity contribution in [1.82, 2.24) is 10.3 Å². The van der Waals surface area contributed by atoms with Gasteiger partial charge in [-0.1, -0.05) is 19.4 Å². The molecule has 14 heavy (non-hydrogen) atoms. The van der Waals surface area contributed by atoms with Gasteiger partial charge in [-0.05, 0) is 31.9 Å². The van der Waals surface area contributed by atoms with Gasteiger partial charge >= 0.3 is 0 Å². The number of rotatable bonds is 5. The molecular weight excluding hydrogens is 172 g/mol.